The molecule has 80 valence electrons. The molecule has 0 spiro atoms. The molecule has 3 heteroatoms. The van der Waals surface area contributed by atoms with Crippen molar-refractivity contribution in [2.45, 2.75) is 0 Å². The molecular weight excluding hydrogens is 220 g/mol. The van der Waals surface area contributed by atoms with Gasteiger partial charge in [-0.15, -0.1) is 0 Å². The summed E-state index contributed by atoms with van der Waals surface area (Å²) in [5.74, 6) is 0. The van der Waals surface area contributed by atoms with Crippen molar-refractivity contribution in [3.8, 4) is 0 Å². The Hall–Kier alpha value is -1.80. The van der Waals surface area contributed by atoms with Crippen LogP contribution >= 0.6 is 11.6 Å². The van der Waals surface area contributed by atoms with Crippen molar-refractivity contribution in [1.29, 1.82) is 0 Å². The molecule has 16 heavy (non-hydrogen) atoms. The Labute approximate surface area is 99.6 Å². The first-order valence-corrected chi connectivity index (χ1v) is 5.32. The summed E-state index contributed by atoms with van der Waals surface area (Å²) >= 11 is 5.86. The summed E-state index contributed by atoms with van der Waals surface area (Å²) in [4.78, 5) is 4.25. The standard InChI is InChI=1S/C13H11ClN2/c14-11-5-4-8-13(9-11)16-10-15-12-6-2-1-3-7-12/h1-10H,(H,15,16). The lowest BCUT2D eigenvalue weighted by Crippen LogP contribution is -1.93. The van der Waals surface area contributed by atoms with Crippen molar-refractivity contribution in [3.63, 3.8) is 0 Å². The zero-order valence-electron chi connectivity index (χ0n) is 8.60. The Morgan fingerprint density at radius 1 is 1.00 bits per heavy atom. The van der Waals surface area contributed by atoms with E-state index in [1.54, 1.807) is 6.34 Å². The van der Waals surface area contributed by atoms with E-state index in [-0.39, 0.29) is 0 Å². The van der Waals surface area contributed by atoms with E-state index in [0.717, 1.165) is 11.4 Å². The lowest BCUT2D eigenvalue weighted by Gasteiger charge is -1.99. The number of halogens is 1. The summed E-state index contributed by atoms with van der Waals surface area (Å²) in [6.45, 7) is 0. The van der Waals surface area contributed by atoms with Gasteiger partial charge in [-0.25, -0.2) is 4.99 Å². The quantitative estimate of drug-likeness (QED) is 0.623. The first kappa shape index (κ1) is 10.7. The van der Waals surface area contributed by atoms with Gasteiger partial charge in [-0.3, -0.25) is 0 Å². The normalized spacial score (nSPS) is 10.6. The fraction of sp³-hybridized carbons (Fsp3) is 0. The van der Waals surface area contributed by atoms with Crippen LogP contribution in [0.4, 0.5) is 11.4 Å². The molecule has 1 N–H and O–H groups in total. The van der Waals surface area contributed by atoms with Crippen molar-refractivity contribution in [1.82, 2.24) is 0 Å². The van der Waals surface area contributed by atoms with Gasteiger partial charge in [-0.05, 0) is 30.3 Å². The summed E-state index contributed by atoms with van der Waals surface area (Å²) in [6, 6.07) is 17.2. The number of hydrogen-bond donors (Lipinski definition) is 1. The van der Waals surface area contributed by atoms with Crippen LogP contribution in [0.5, 0.6) is 0 Å². The molecule has 2 rings (SSSR count). The number of aliphatic imine (C=N–C) groups is 1. The summed E-state index contributed by atoms with van der Waals surface area (Å²) < 4.78 is 0. The highest BCUT2D eigenvalue weighted by Gasteiger charge is 1.90. The molecule has 0 saturated heterocycles. The summed E-state index contributed by atoms with van der Waals surface area (Å²) in [5, 5.41) is 3.76. The van der Waals surface area contributed by atoms with Gasteiger partial charge < -0.3 is 5.32 Å². The van der Waals surface area contributed by atoms with Crippen LogP contribution in [0.3, 0.4) is 0 Å². The molecule has 2 aromatic rings. The molecular formula is C13H11ClN2. The van der Waals surface area contributed by atoms with Gasteiger partial charge in [0.2, 0.25) is 0 Å². The van der Waals surface area contributed by atoms with Gasteiger partial charge in [-0.1, -0.05) is 35.9 Å². The highest BCUT2D eigenvalue weighted by Crippen LogP contribution is 2.14. The third kappa shape index (κ3) is 3.11. The predicted octanol–water partition coefficient (Wildman–Crippen LogP) is 4.11. The first-order valence-electron chi connectivity index (χ1n) is 4.94. The average Bonchev–Trinajstić information content (AvgIpc) is 2.30. The second-order valence-corrected chi connectivity index (χ2v) is 3.68. The van der Waals surface area contributed by atoms with Gasteiger partial charge in [-0.2, -0.15) is 0 Å². The fourth-order valence-corrected chi connectivity index (χ4v) is 1.46. The Balaban J connectivity index is 2.00. The Bertz CT molecular complexity index is 480. The van der Waals surface area contributed by atoms with Gasteiger partial charge >= 0.3 is 0 Å². The molecule has 0 amide bonds. The van der Waals surface area contributed by atoms with Crippen molar-refractivity contribution >= 4 is 29.3 Å². The van der Waals surface area contributed by atoms with E-state index in [9.17, 15) is 0 Å². The van der Waals surface area contributed by atoms with Crippen LogP contribution in [0.2, 0.25) is 5.02 Å². The van der Waals surface area contributed by atoms with E-state index in [1.165, 1.54) is 0 Å². The van der Waals surface area contributed by atoms with Crippen molar-refractivity contribution < 1.29 is 0 Å². The molecule has 0 bridgehead atoms. The fourth-order valence-electron chi connectivity index (χ4n) is 1.27. The lowest BCUT2D eigenvalue weighted by molar-refractivity contribution is 1.52. The predicted molar refractivity (Wildman–Crippen MR) is 69.7 cm³/mol. The summed E-state index contributed by atoms with van der Waals surface area (Å²) in [7, 11) is 0. The topological polar surface area (TPSA) is 24.4 Å². The maximum absolute atomic E-state index is 5.86. The summed E-state index contributed by atoms with van der Waals surface area (Å²) in [5.41, 5.74) is 1.84. The number of benzene rings is 2. The van der Waals surface area contributed by atoms with Crippen LogP contribution in [-0.2, 0) is 0 Å². The van der Waals surface area contributed by atoms with Gasteiger partial charge in [0, 0.05) is 10.7 Å². The zero-order valence-corrected chi connectivity index (χ0v) is 9.35. The maximum Gasteiger partial charge on any atom is 0.0930 e. The molecule has 0 unspecified atom stereocenters. The minimum Gasteiger partial charge on any atom is -0.346 e. The Morgan fingerprint density at radius 2 is 1.81 bits per heavy atom. The minimum atomic E-state index is 0.707. The van der Waals surface area contributed by atoms with Crippen LogP contribution in [0.1, 0.15) is 0 Å². The number of para-hydroxylation sites is 1. The summed E-state index contributed by atoms with van der Waals surface area (Å²) in [6.07, 6.45) is 1.65. The number of nitrogens with one attached hydrogen (secondary N) is 1. The molecule has 2 nitrogen and oxygen atoms in total. The van der Waals surface area contributed by atoms with Gasteiger partial charge in [0.1, 0.15) is 0 Å². The van der Waals surface area contributed by atoms with Crippen LogP contribution in [0.15, 0.2) is 59.6 Å². The van der Waals surface area contributed by atoms with Crippen molar-refractivity contribution in [3.05, 3.63) is 59.6 Å². The molecule has 0 aliphatic heterocycles. The maximum atomic E-state index is 5.86. The minimum absolute atomic E-state index is 0.707. The molecule has 0 atom stereocenters. The largest absolute Gasteiger partial charge is 0.346 e. The van der Waals surface area contributed by atoms with E-state index in [4.69, 9.17) is 11.6 Å². The SMILES string of the molecule is Clc1cccc(NC=Nc2ccccc2)c1. The molecule has 0 saturated carbocycles. The van der Waals surface area contributed by atoms with Crippen molar-refractivity contribution in [2.24, 2.45) is 4.99 Å². The number of anilines is 1. The molecule has 2 aromatic carbocycles. The second kappa shape index (κ2) is 5.33. The highest BCUT2D eigenvalue weighted by atomic mass is 35.5. The Kier molecular flexibility index (Phi) is 3.57. The van der Waals surface area contributed by atoms with E-state index >= 15 is 0 Å². The average molecular weight is 231 g/mol. The molecule has 0 aliphatic rings. The third-order valence-electron chi connectivity index (χ3n) is 2.03. The van der Waals surface area contributed by atoms with E-state index in [1.807, 2.05) is 54.6 Å². The number of nitrogens with zero attached hydrogens (tertiary/aromatic N) is 1. The van der Waals surface area contributed by atoms with Crippen molar-refractivity contribution in [2.75, 3.05) is 5.32 Å². The van der Waals surface area contributed by atoms with Gasteiger partial charge in [0.15, 0.2) is 0 Å². The lowest BCUT2D eigenvalue weighted by atomic mass is 10.3. The third-order valence-corrected chi connectivity index (χ3v) is 2.26. The van der Waals surface area contributed by atoms with E-state index in [2.05, 4.69) is 10.3 Å². The number of rotatable bonds is 3. The van der Waals surface area contributed by atoms with Gasteiger partial charge in [0.25, 0.3) is 0 Å². The zero-order chi connectivity index (χ0) is 11.2. The number of hydrogen-bond acceptors (Lipinski definition) is 1. The van der Waals surface area contributed by atoms with E-state index in [0.29, 0.717) is 5.02 Å². The molecule has 0 fully saturated rings. The van der Waals surface area contributed by atoms with E-state index < -0.39 is 0 Å². The molecule has 0 radical (unpaired) electrons. The monoisotopic (exact) mass is 230 g/mol. The molecule has 0 heterocycles. The van der Waals surface area contributed by atoms with Crippen LogP contribution in [-0.4, -0.2) is 6.34 Å². The highest BCUT2D eigenvalue weighted by molar-refractivity contribution is 6.30. The smallest absolute Gasteiger partial charge is 0.0930 e. The second-order valence-electron chi connectivity index (χ2n) is 3.25. The Morgan fingerprint density at radius 3 is 2.56 bits per heavy atom. The van der Waals surface area contributed by atoms with Crippen LogP contribution in [0.25, 0.3) is 0 Å². The molecule has 0 aliphatic carbocycles. The first-order chi connectivity index (χ1) is 7.84. The van der Waals surface area contributed by atoms with Crippen LogP contribution in [0, 0.1) is 0 Å². The van der Waals surface area contributed by atoms with Gasteiger partial charge in [0.05, 0.1) is 12.0 Å². The molecule has 0 aromatic heterocycles. The van der Waals surface area contributed by atoms with Crippen LogP contribution < -0.4 is 5.32 Å².